The summed E-state index contributed by atoms with van der Waals surface area (Å²) in [5.74, 6) is 0. The summed E-state index contributed by atoms with van der Waals surface area (Å²) < 4.78 is 0. The fraction of sp³-hybridized carbons (Fsp3) is 0.0870. The van der Waals surface area contributed by atoms with E-state index in [1.807, 2.05) is 50.2 Å². The van der Waals surface area contributed by atoms with Crippen LogP contribution in [0.4, 0.5) is 0 Å². The summed E-state index contributed by atoms with van der Waals surface area (Å²) in [7, 11) is 0. The Balaban J connectivity index is 0.000000680. The maximum absolute atomic E-state index is 12.8. The molecule has 0 fully saturated rings. The Morgan fingerprint density at radius 2 is 0.929 bits per heavy atom. The molecule has 2 aromatic heterocycles. The minimum atomic E-state index is -0.0322. The number of nitrogens with one attached hydrogen (secondary N) is 2. The van der Waals surface area contributed by atoms with Gasteiger partial charge >= 0.3 is 0 Å². The molecule has 0 saturated heterocycles. The molecule has 5 rings (SSSR count). The van der Waals surface area contributed by atoms with Crippen LogP contribution >= 0.6 is 0 Å². The topological polar surface area (TPSA) is 65.7 Å². The Labute approximate surface area is 187 Å². The average molecular weight is 446 g/mol. The van der Waals surface area contributed by atoms with Gasteiger partial charge in [0.2, 0.25) is 0 Å². The molecule has 2 N–H and O–H groups in total. The van der Waals surface area contributed by atoms with E-state index in [4.69, 9.17) is 0 Å². The number of H-pyrrole nitrogens is 2. The summed E-state index contributed by atoms with van der Waals surface area (Å²) in [6.07, 6.45) is 0. The third kappa shape index (κ3) is 3.43. The minimum Gasteiger partial charge on any atom is -0.358 e. The normalized spacial score (nSPS) is 10.2. The predicted octanol–water partition coefficient (Wildman–Crippen LogP) is 5.15. The SMILES string of the molecule is CC.O=c1c2ccccc2[nH]c2cc3c(=O)c4ccccc4[nH]c3cc12.[CH3-].[Y]. The summed E-state index contributed by atoms with van der Waals surface area (Å²) in [4.78, 5) is 32.1. The second-order valence-electron chi connectivity index (χ2n) is 5.94. The van der Waals surface area contributed by atoms with Gasteiger partial charge in [-0.1, -0.05) is 38.1 Å². The van der Waals surface area contributed by atoms with Crippen molar-refractivity contribution in [3.8, 4) is 0 Å². The maximum Gasteiger partial charge on any atom is 0.197 e. The Hall–Kier alpha value is -2.30. The molecular weight excluding hydrogens is 425 g/mol. The number of pyridine rings is 2. The first kappa shape index (κ1) is 22.0. The molecule has 0 atom stereocenters. The fourth-order valence-corrected chi connectivity index (χ4v) is 3.34. The van der Waals surface area contributed by atoms with E-state index in [0.29, 0.717) is 32.6 Å². The van der Waals surface area contributed by atoms with Gasteiger partial charge in [0.15, 0.2) is 10.9 Å². The average Bonchev–Trinajstić information content (AvgIpc) is 2.69. The maximum atomic E-state index is 12.8. The summed E-state index contributed by atoms with van der Waals surface area (Å²) in [5, 5.41) is 2.44. The third-order valence-corrected chi connectivity index (χ3v) is 4.53. The third-order valence-electron chi connectivity index (χ3n) is 4.53. The van der Waals surface area contributed by atoms with Gasteiger partial charge in [-0.25, -0.2) is 0 Å². The van der Waals surface area contributed by atoms with E-state index in [1.54, 1.807) is 24.3 Å². The number of aromatic nitrogens is 2. The van der Waals surface area contributed by atoms with Crippen LogP contribution in [-0.2, 0) is 32.7 Å². The number of aromatic amines is 2. The molecule has 28 heavy (non-hydrogen) atoms. The van der Waals surface area contributed by atoms with Crippen LogP contribution in [-0.4, -0.2) is 9.97 Å². The zero-order valence-corrected chi connectivity index (χ0v) is 19.0. The molecule has 5 heteroatoms. The van der Waals surface area contributed by atoms with Crippen molar-refractivity contribution < 1.29 is 32.7 Å². The molecule has 3 aromatic carbocycles. The number of hydrogen-bond donors (Lipinski definition) is 2. The second-order valence-corrected chi connectivity index (χ2v) is 5.94. The van der Waals surface area contributed by atoms with E-state index in [9.17, 15) is 9.59 Å². The number of benzene rings is 3. The van der Waals surface area contributed by atoms with E-state index >= 15 is 0 Å². The number of fused-ring (bicyclic) bond motifs is 4. The van der Waals surface area contributed by atoms with Gasteiger partial charge in [0.1, 0.15) is 0 Å². The van der Waals surface area contributed by atoms with E-state index in [-0.39, 0.29) is 51.0 Å². The zero-order chi connectivity index (χ0) is 18.3. The summed E-state index contributed by atoms with van der Waals surface area (Å²) in [6, 6.07) is 18.3. The van der Waals surface area contributed by atoms with Crippen LogP contribution < -0.4 is 10.9 Å². The van der Waals surface area contributed by atoms with Crippen molar-refractivity contribution in [1.82, 2.24) is 9.97 Å². The number of rotatable bonds is 0. The van der Waals surface area contributed by atoms with Crippen molar-refractivity contribution in [2.24, 2.45) is 0 Å². The van der Waals surface area contributed by atoms with E-state index in [0.717, 1.165) is 11.0 Å². The van der Waals surface area contributed by atoms with Crippen LogP contribution in [0.25, 0.3) is 43.6 Å². The van der Waals surface area contributed by atoms with Gasteiger partial charge in [0, 0.05) is 65.3 Å². The van der Waals surface area contributed by atoms with Crippen LogP contribution in [0, 0.1) is 7.43 Å². The molecule has 0 aliphatic heterocycles. The Bertz CT molecular complexity index is 1290. The van der Waals surface area contributed by atoms with Crippen molar-refractivity contribution in [3.05, 3.63) is 88.5 Å². The van der Waals surface area contributed by atoms with E-state index < -0.39 is 0 Å². The Kier molecular flexibility index (Phi) is 6.92. The van der Waals surface area contributed by atoms with Crippen LogP contribution in [0.15, 0.2) is 70.3 Å². The molecule has 2 heterocycles. The standard InChI is InChI=1S/C20H12N2O2.C2H6.CH3.Y/c23-19-11-5-1-3-7-15(11)21-17-10-14-18(9-13(17)19)22-16-8-4-2-6-12(16)20(14)24;1-2;;/h1-10H,(H,21,23)(H,22,24);1-2H3;1H3;/q;;-1;. The summed E-state index contributed by atoms with van der Waals surface area (Å²) in [5.41, 5.74) is 2.82. The molecule has 139 valence electrons. The number of para-hydroxylation sites is 2. The van der Waals surface area contributed by atoms with Gasteiger partial charge in [-0.05, 0) is 36.4 Å². The monoisotopic (exact) mass is 446 g/mol. The summed E-state index contributed by atoms with van der Waals surface area (Å²) >= 11 is 0. The van der Waals surface area contributed by atoms with Crippen molar-refractivity contribution in [2.45, 2.75) is 13.8 Å². The second kappa shape index (κ2) is 8.81. The predicted molar refractivity (Wildman–Crippen MR) is 115 cm³/mol. The molecule has 0 aliphatic carbocycles. The smallest absolute Gasteiger partial charge is 0.197 e. The van der Waals surface area contributed by atoms with Gasteiger partial charge < -0.3 is 17.4 Å². The van der Waals surface area contributed by atoms with Crippen molar-refractivity contribution in [2.75, 3.05) is 0 Å². The summed E-state index contributed by atoms with van der Waals surface area (Å²) in [6.45, 7) is 4.00. The van der Waals surface area contributed by atoms with Crippen LogP contribution in [0.5, 0.6) is 0 Å². The molecule has 0 bridgehead atoms. The first-order valence-corrected chi connectivity index (χ1v) is 8.72. The van der Waals surface area contributed by atoms with Crippen LogP contribution in [0.1, 0.15) is 13.8 Å². The minimum absolute atomic E-state index is 0. The Morgan fingerprint density at radius 3 is 1.32 bits per heavy atom. The molecular formula is C23H21N2O2Y-. The number of hydrogen-bond acceptors (Lipinski definition) is 2. The molecule has 0 saturated carbocycles. The van der Waals surface area contributed by atoms with Crippen molar-refractivity contribution in [1.29, 1.82) is 0 Å². The van der Waals surface area contributed by atoms with Gasteiger partial charge in [-0.15, -0.1) is 0 Å². The van der Waals surface area contributed by atoms with E-state index in [2.05, 4.69) is 9.97 Å². The molecule has 1 radical (unpaired) electrons. The van der Waals surface area contributed by atoms with Gasteiger partial charge in [0.25, 0.3) is 0 Å². The van der Waals surface area contributed by atoms with Crippen molar-refractivity contribution in [3.63, 3.8) is 0 Å². The first-order valence-electron chi connectivity index (χ1n) is 8.72. The molecule has 4 nitrogen and oxygen atoms in total. The van der Waals surface area contributed by atoms with Crippen LogP contribution in [0.2, 0.25) is 0 Å². The Morgan fingerprint density at radius 1 is 0.571 bits per heavy atom. The first-order chi connectivity index (χ1) is 12.7. The zero-order valence-electron chi connectivity index (χ0n) is 16.2. The van der Waals surface area contributed by atoms with E-state index in [1.165, 1.54) is 0 Å². The quantitative estimate of drug-likeness (QED) is 0.255. The van der Waals surface area contributed by atoms with Crippen LogP contribution in [0.3, 0.4) is 0 Å². The molecule has 0 amide bonds. The van der Waals surface area contributed by atoms with Crippen molar-refractivity contribution >= 4 is 43.6 Å². The van der Waals surface area contributed by atoms with Gasteiger partial charge in [-0.2, -0.15) is 0 Å². The fourth-order valence-electron chi connectivity index (χ4n) is 3.34. The molecule has 0 unspecified atom stereocenters. The molecule has 0 aliphatic rings. The molecule has 5 aromatic rings. The van der Waals surface area contributed by atoms with Gasteiger partial charge in [0.05, 0.1) is 11.0 Å². The largest absolute Gasteiger partial charge is 0.358 e. The van der Waals surface area contributed by atoms with Gasteiger partial charge in [-0.3, -0.25) is 9.59 Å². The molecule has 0 spiro atoms.